The van der Waals surface area contributed by atoms with Crippen LogP contribution in [0.4, 0.5) is 4.79 Å². The van der Waals surface area contributed by atoms with Gasteiger partial charge in [-0.2, -0.15) is 0 Å². The van der Waals surface area contributed by atoms with Crippen LogP contribution in [-0.4, -0.2) is 34.3 Å². The fourth-order valence-electron chi connectivity index (χ4n) is 1.56. The molecule has 0 saturated carbocycles. The molecule has 1 rings (SSSR count). The Kier molecular flexibility index (Phi) is 3.73. The smallest absolute Gasteiger partial charge is 0.313 e. The van der Waals surface area contributed by atoms with Crippen molar-refractivity contribution in [1.82, 2.24) is 9.80 Å². The van der Waals surface area contributed by atoms with Crippen LogP contribution in [0.2, 0.25) is 0 Å². The summed E-state index contributed by atoms with van der Waals surface area (Å²) in [6.07, 6.45) is 6.57. The zero-order valence-corrected chi connectivity index (χ0v) is 10.5. The predicted molar refractivity (Wildman–Crippen MR) is 62.7 cm³/mol. The summed E-state index contributed by atoms with van der Waals surface area (Å²) in [4.78, 5) is 26.4. The van der Waals surface area contributed by atoms with Crippen LogP contribution in [0.25, 0.3) is 0 Å². The van der Waals surface area contributed by atoms with Crippen LogP contribution in [0.5, 0.6) is 0 Å². The van der Waals surface area contributed by atoms with Crippen LogP contribution in [-0.2, 0) is 4.79 Å². The minimum atomic E-state index is -0.730. The number of nitrogens with zero attached hydrogens (tertiary/aromatic N) is 2. The lowest BCUT2D eigenvalue weighted by Gasteiger charge is -2.22. The Balaban J connectivity index is 2.72. The molecule has 1 aliphatic heterocycles. The van der Waals surface area contributed by atoms with Crippen molar-refractivity contribution in [3.8, 4) is 0 Å². The van der Waals surface area contributed by atoms with Crippen LogP contribution < -0.4 is 0 Å². The van der Waals surface area contributed by atoms with Crippen LogP contribution in [0.1, 0.15) is 40.0 Å². The second-order valence-electron chi connectivity index (χ2n) is 4.60. The van der Waals surface area contributed by atoms with Gasteiger partial charge in [0.15, 0.2) is 0 Å². The lowest BCUT2D eigenvalue weighted by atomic mass is 10.1. The average Bonchev–Trinajstić information content (AvgIpc) is 2.38. The van der Waals surface area contributed by atoms with Gasteiger partial charge >= 0.3 is 6.03 Å². The highest BCUT2D eigenvalue weighted by Gasteiger charge is 2.48. The van der Waals surface area contributed by atoms with E-state index >= 15 is 0 Å². The number of hydrogen-bond acceptors (Lipinski definition) is 2. The molecule has 1 aliphatic rings. The van der Waals surface area contributed by atoms with E-state index in [1.165, 1.54) is 9.80 Å². The van der Waals surface area contributed by atoms with Gasteiger partial charge < -0.3 is 4.90 Å². The number of hydrogen-bond donors (Lipinski definition) is 0. The van der Waals surface area contributed by atoms with Crippen molar-refractivity contribution in [3.63, 3.8) is 0 Å². The third-order valence-electron chi connectivity index (χ3n) is 3.05. The monoisotopic (exact) mass is 224 g/mol. The van der Waals surface area contributed by atoms with E-state index in [2.05, 4.69) is 6.92 Å². The standard InChI is InChI=1S/C12H20N2O2/c1-5-6-7-8-9-14-10(15)12(2,3)13(4)11(14)16/h8-9H,5-7H2,1-4H3. The van der Waals surface area contributed by atoms with E-state index < -0.39 is 5.54 Å². The highest BCUT2D eigenvalue weighted by atomic mass is 16.2. The number of amides is 3. The van der Waals surface area contributed by atoms with Gasteiger partial charge in [-0.15, -0.1) is 0 Å². The van der Waals surface area contributed by atoms with Gasteiger partial charge in [0.1, 0.15) is 5.54 Å². The number of urea groups is 1. The lowest BCUT2D eigenvalue weighted by Crippen LogP contribution is -2.41. The third kappa shape index (κ3) is 2.10. The van der Waals surface area contributed by atoms with Crippen molar-refractivity contribution in [1.29, 1.82) is 0 Å². The highest BCUT2D eigenvalue weighted by Crippen LogP contribution is 2.25. The Labute approximate surface area is 96.9 Å². The first-order valence-electron chi connectivity index (χ1n) is 5.71. The fraction of sp³-hybridized carbons (Fsp3) is 0.667. The first-order chi connectivity index (χ1) is 7.42. The molecule has 16 heavy (non-hydrogen) atoms. The summed E-state index contributed by atoms with van der Waals surface area (Å²) in [7, 11) is 1.65. The summed E-state index contributed by atoms with van der Waals surface area (Å²) in [5.74, 6) is -0.159. The van der Waals surface area contributed by atoms with Gasteiger partial charge in [0.2, 0.25) is 0 Å². The molecule has 0 atom stereocenters. The number of carbonyl (C=O) groups excluding carboxylic acids is 2. The van der Waals surface area contributed by atoms with Crippen molar-refractivity contribution < 1.29 is 9.59 Å². The molecule has 0 bridgehead atoms. The molecule has 0 spiro atoms. The van der Waals surface area contributed by atoms with Crippen LogP contribution in [0.3, 0.4) is 0 Å². The molecule has 0 aliphatic carbocycles. The summed E-state index contributed by atoms with van der Waals surface area (Å²) in [6.45, 7) is 5.62. The van der Waals surface area contributed by atoms with Crippen molar-refractivity contribution in [2.45, 2.75) is 45.6 Å². The van der Waals surface area contributed by atoms with Gasteiger partial charge in [0.25, 0.3) is 5.91 Å². The van der Waals surface area contributed by atoms with Gasteiger partial charge in [-0.05, 0) is 20.3 Å². The first kappa shape index (κ1) is 12.7. The van der Waals surface area contributed by atoms with E-state index in [1.807, 2.05) is 6.08 Å². The number of unbranched alkanes of at least 4 members (excludes halogenated alkanes) is 2. The molecule has 90 valence electrons. The van der Waals surface area contributed by atoms with Gasteiger partial charge in [-0.25, -0.2) is 9.69 Å². The lowest BCUT2D eigenvalue weighted by molar-refractivity contribution is -0.129. The van der Waals surface area contributed by atoms with Gasteiger partial charge in [-0.1, -0.05) is 25.8 Å². The Bertz CT molecular complexity index is 321. The number of likely N-dealkylation sites (N-methyl/N-ethyl adjacent to an activating group) is 1. The molecule has 1 fully saturated rings. The molecule has 0 aromatic heterocycles. The molecule has 0 unspecified atom stereocenters. The highest BCUT2D eigenvalue weighted by molar-refractivity contribution is 6.07. The van der Waals surface area contributed by atoms with E-state index in [0.717, 1.165) is 19.3 Å². The summed E-state index contributed by atoms with van der Waals surface area (Å²) in [5, 5.41) is 0. The summed E-state index contributed by atoms with van der Waals surface area (Å²) in [6, 6.07) is -0.247. The zero-order valence-electron chi connectivity index (χ0n) is 10.5. The van der Waals surface area contributed by atoms with E-state index in [9.17, 15) is 9.59 Å². The summed E-state index contributed by atoms with van der Waals surface area (Å²) >= 11 is 0. The van der Waals surface area contributed by atoms with E-state index in [-0.39, 0.29) is 11.9 Å². The largest absolute Gasteiger partial charge is 0.331 e. The van der Waals surface area contributed by atoms with E-state index in [1.54, 1.807) is 27.1 Å². The number of rotatable bonds is 4. The minimum Gasteiger partial charge on any atom is -0.313 e. The molecular formula is C12H20N2O2. The van der Waals surface area contributed by atoms with Gasteiger partial charge in [-0.3, -0.25) is 4.79 Å². The van der Waals surface area contributed by atoms with Crippen LogP contribution >= 0.6 is 0 Å². The Morgan fingerprint density at radius 1 is 1.31 bits per heavy atom. The maximum Gasteiger partial charge on any atom is 0.331 e. The maximum atomic E-state index is 11.9. The minimum absolute atomic E-state index is 0.159. The summed E-state index contributed by atoms with van der Waals surface area (Å²) in [5.41, 5.74) is -0.730. The second kappa shape index (κ2) is 4.68. The number of allylic oxidation sites excluding steroid dienone is 1. The van der Waals surface area contributed by atoms with Crippen molar-refractivity contribution in [3.05, 3.63) is 12.3 Å². The number of carbonyl (C=O) groups is 2. The Hall–Kier alpha value is -1.32. The van der Waals surface area contributed by atoms with Crippen molar-refractivity contribution in [2.75, 3.05) is 7.05 Å². The Morgan fingerprint density at radius 2 is 1.94 bits per heavy atom. The molecule has 1 heterocycles. The normalized spacial score (nSPS) is 20.2. The van der Waals surface area contributed by atoms with E-state index in [4.69, 9.17) is 0 Å². The van der Waals surface area contributed by atoms with Crippen molar-refractivity contribution in [2.24, 2.45) is 0 Å². The first-order valence-corrected chi connectivity index (χ1v) is 5.71. The van der Waals surface area contributed by atoms with Crippen LogP contribution in [0.15, 0.2) is 12.3 Å². The summed E-state index contributed by atoms with van der Waals surface area (Å²) < 4.78 is 0. The fourth-order valence-corrected chi connectivity index (χ4v) is 1.56. The number of imide groups is 1. The second-order valence-corrected chi connectivity index (χ2v) is 4.60. The van der Waals surface area contributed by atoms with Gasteiger partial charge in [0, 0.05) is 13.2 Å². The van der Waals surface area contributed by atoms with Crippen LogP contribution in [0, 0.1) is 0 Å². The predicted octanol–water partition coefficient (Wildman–Crippen LogP) is 2.36. The van der Waals surface area contributed by atoms with Gasteiger partial charge in [0.05, 0.1) is 0 Å². The topological polar surface area (TPSA) is 40.6 Å². The average molecular weight is 224 g/mol. The molecular weight excluding hydrogens is 204 g/mol. The molecule has 0 N–H and O–H groups in total. The maximum absolute atomic E-state index is 11.9. The zero-order chi connectivity index (χ0) is 12.3. The van der Waals surface area contributed by atoms with Crippen molar-refractivity contribution >= 4 is 11.9 Å². The molecule has 3 amide bonds. The molecule has 0 aromatic rings. The molecule has 4 nitrogen and oxygen atoms in total. The molecule has 0 aromatic carbocycles. The molecule has 4 heteroatoms. The third-order valence-corrected chi connectivity index (χ3v) is 3.05. The van der Waals surface area contributed by atoms with E-state index in [0.29, 0.717) is 0 Å². The quantitative estimate of drug-likeness (QED) is 0.543. The Morgan fingerprint density at radius 3 is 2.38 bits per heavy atom. The SMILES string of the molecule is CCCCC=CN1C(=O)N(C)C(C)(C)C1=O. The molecule has 0 radical (unpaired) electrons. The molecule has 1 saturated heterocycles.